The summed E-state index contributed by atoms with van der Waals surface area (Å²) in [6.07, 6.45) is 0. The Kier molecular flexibility index (Phi) is 4.25. The predicted octanol–water partition coefficient (Wildman–Crippen LogP) is 2.03. The molecule has 0 unspecified atom stereocenters. The third kappa shape index (κ3) is 3.50. The molecule has 0 bridgehead atoms. The molecule has 3 rings (SSSR count). The van der Waals surface area contributed by atoms with Crippen LogP contribution in [0.3, 0.4) is 0 Å². The molecule has 0 aromatic heterocycles. The summed E-state index contributed by atoms with van der Waals surface area (Å²) in [5.74, 6) is -2.25. The first-order chi connectivity index (χ1) is 11.8. The average molecular weight is 365 g/mol. The Morgan fingerprint density at radius 1 is 1.16 bits per heavy atom. The number of benzene rings is 2. The molecule has 2 aromatic rings. The standard InChI is InChI=1S/C16H13F2N3O3S/c1-9(16(22)20-12-7-10(17)6-11(18)8-12)19-15-13-4-2-3-5-14(13)25(23,24)21-15/h2-9H,1H3,(H,19,21)(H,20,22)/t9-/m0/s1. The van der Waals surface area contributed by atoms with Crippen LogP contribution in [0.5, 0.6) is 0 Å². The Balaban J connectivity index is 1.83. The van der Waals surface area contributed by atoms with Gasteiger partial charge in [0, 0.05) is 17.3 Å². The second-order valence-electron chi connectivity index (χ2n) is 5.40. The van der Waals surface area contributed by atoms with Crippen molar-refractivity contribution in [1.82, 2.24) is 4.72 Å². The zero-order valence-corrected chi connectivity index (χ0v) is 13.8. The number of carbonyl (C=O) groups excluding carboxylic acids is 1. The Hall–Kier alpha value is -2.81. The van der Waals surface area contributed by atoms with E-state index >= 15 is 0 Å². The lowest BCUT2D eigenvalue weighted by Gasteiger charge is -2.10. The molecular weight excluding hydrogens is 352 g/mol. The molecule has 0 spiro atoms. The third-order valence-corrected chi connectivity index (χ3v) is 4.89. The Morgan fingerprint density at radius 2 is 1.80 bits per heavy atom. The zero-order chi connectivity index (χ0) is 18.2. The number of nitrogens with one attached hydrogen (secondary N) is 2. The van der Waals surface area contributed by atoms with Crippen molar-refractivity contribution in [2.45, 2.75) is 17.9 Å². The zero-order valence-electron chi connectivity index (χ0n) is 13.0. The lowest BCUT2D eigenvalue weighted by atomic mass is 10.2. The van der Waals surface area contributed by atoms with Crippen LogP contribution in [0.25, 0.3) is 0 Å². The normalized spacial score (nSPS) is 17.6. The number of amides is 1. The molecule has 1 atom stereocenters. The first-order valence-electron chi connectivity index (χ1n) is 7.23. The highest BCUT2D eigenvalue weighted by atomic mass is 32.2. The van der Waals surface area contributed by atoms with Crippen LogP contribution in [0.2, 0.25) is 0 Å². The van der Waals surface area contributed by atoms with Gasteiger partial charge in [-0.15, -0.1) is 0 Å². The van der Waals surface area contributed by atoms with Gasteiger partial charge >= 0.3 is 0 Å². The molecular formula is C16H13F2N3O3S. The number of halogens is 2. The topological polar surface area (TPSA) is 87.6 Å². The Labute approximate surface area is 142 Å². The van der Waals surface area contributed by atoms with Crippen LogP contribution >= 0.6 is 0 Å². The van der Waals surface area contributed by atoms with E-state index in [9.17, 15) is 22.0 Å². The molecule has 0 fully saturated rings. The predicted molar refractivity (Wildman–Crippen MR) is 87.8 cm³/mol. The van der Waals surface area contributed by atoms with E-state index in [4.69, 9.17) is 0 Å². The summed E-state index contributed by atoms with van der Waals surface area (Å²) in [4.78, 5) is 16.3. The maximum absolute atomic E-state index is 13.2. The summed E-state index contributed by atoms with van der Waals surface area (Å²) in [6.45, 7) is 1.44. The van der Waals surface area contributed by atoms with Crippen molar-refractivity contribution in [3.8, 4) is 0 Å². The number of nitrogens with zero attached hydrogens (tertiary/aromatic N) is 1. The fourth-order valence-electron chi connectivity index (χ4n) is 2.35. The lowest BCUT2D eigenvalue weighted by Crippen LogP contribution is -2.29. The van der Waals surface area contributed by atoms with Gasteiger partial charge in [-0.2, -0.15) is 0 Å². The molecule has 1 heterocycles. The van der Waals surface area contributed by atoms with Crippen LogP contribution in [-0.4, -0.2) is 26.2 Å². The number of carbonyl (C=O) groups is 1. The summed E-state index contributed by atoms with van der Waals surface area (Å²) in [7, 11) is -3.71. The highest BCUT2D eigenvalue weighted by Gasteiger charge is 2.31. The number of fused-ring (bicyclic) bond motifs is 1. The van der Waals surface area contributed by atoms with Gasteiger partial charge < -0.3 is 5.32 Å². The molecule has 1 aliphatic rings. The highest BCUT2D eigenvalue weighted by molar-refractivity contribution is 7.90. The van der Waals surface area contributed by atoms with Gasteiger partial charge in [-0.25, -0.2) is 17.2 Å². The fraction of sp³-hybridized carbons (Fsp3) is 0.125. The molecule has 1 aliphatic heterocycles. The van der Waals surface area contributed by atoms with Crippen LogP contribution in [-0.2, 0) is 14.8 Å². The summed E-state index contributed by atoms with van der Waals surface area (Å²) in [5.41, 5.74) is 0.306. The number of hydrogen-bond donors (Lipinski definition) is 2. The second-order valence-corrected chi connectivity index (χ2v) is 7.05. The van der Waals surface area contributed by atoms with Crippen molar-refractivity contribution in [3.63, 3.8) is 0 Å². The fourth-order valence-corrected chi connectivity index (χ4v) is 3.59. The first-order valence-corrected chi connectivity index (χ1v) is 8.71. The molecule has 0 aliphatic carbocycles. The number of hydrogen-bond acceptors (Lipinski definition) is 4. The molecule has 25 heavy (non-hydrogen) atoms. The Bertz CT molecular complexity index is 970. The summed E-state index contributed by atoms with van der Waals surface area (Å²) in [6, 6.07) is 7.85. The highest BCUT2D eigenvalue weighted by Crippen LogP contribution is 2.22. The van der Waals surface area contributed by atoms with Crippen molar-refractivity contribution in [3.05, 3.63) is 59.7 Å². The van der Waals surface area contributed by atoms with Gasteiger partial charge in [-0.1, -0.05) is 12.1 Å². The van der Waals surface area contributed by atoms with Crippen LogP contribution < -0.4 is 10.0 Å². The first kappa shape index (κ1) is 17.0. The minimum absolute atomic E-state index is 0.0451. The number of sulfonamides is 1. The van der Waals surface area contributed by atoms with Gasteiger partial charge in [-0.3, -0.25) is 14.5 Å². The van der Waals surface area contributed by atoms with Gasteiger partial charge in [0.15, 0.2) is 0 Å². The van der Waals surface area contributed by atoms with Crippen molar-refractivity contribution in [1.29, 1.82) is 0 Å². The molecule has 6 nitrogen and oxygen atoms in total. The average Bonchev–Trinajstić information content (AvgIpc) is 2.77. The third-order valence-electron chi connectivity index (χ3n) is 3.50. The van der Waals surface area contributed by atoms with Crippen molar-refractivity contribution < 1.29 is 22.0 Å². The van der Waals surface area contributed by atoms with Crippen molar-refractivity contribution in [2.24, 2.45) is 4.99 Å². The van der Waals surface area contributed by atoms with E-state index in [0.29, 0.717) is 11.6 Å². The quantitative estimate of drug-likeness (QED) is 0.872. The maximum Gasteiger partial charge on any atom is 0.263 e. The minimum Gasteiger partial charge on any atom is -0.324 e. The molecule has 0 saturated heterocycles. The van der Waals surface area contributed by atoms with Crippen LogP contribution in [0, 0.1) is 11.6 Å². The van der Waals surface area contributed by atoms with Crippen molar-refractivity contribution in [2.75, 3.05) is 5.32 Å². The van der Waals surface area contributed by atoms with E-state index in [1.807, 2.05) is 0 Å². The summed E-state index contributed by atoms with van der Waals surface area (Å²) < 4.78 is 52.6. The molecule has 0 radical (unpaired) electrons. The smallest absolute Gasteiger partial charge is 0.263 e. The van der Waals surface area contributed by atoms with Gasteiger partial charge in [0.1, 0.15) is 23.5 Å². The van der Waals surface area contributed by atoms with Gasteiger partial charge in [0.25, 0.3) is 10.0 Å². The van der Waals surface area contributed by atoms with E-state index in [1.54, 1.807) is 18.2 Å². The number of amidine groups is 1. The van der Waals surface area contributed by atoms with E-state index in [1.165, 1.54) is 13.0 Å². The second kappa shape index (κ2) is 6.25. The largest absolute Gasteiger partial charge is 0.324 e. The van der Waals surface area contributed by atoms with Crippen molar-refractivity contribution >= 4 is 27.5 Å². The van der Waals surface area contributed by atoms with E-state index in [2.05, 4.69) is 15.0 Å². The van der Waals surface area contributed by atoms with E-state index in [-0.39, 0.29) is 16.4 Å². The molecule has 0 saturated carbocycles. The van der Waals surface area contributed by atoms with Crippen LogP contribution in [0.1, 0.15) is 12.5 Å². The molecule has 2 aromatic carbocycles. The minimum atomic E-state index is -3.71. The number of aliphatic imine (C=N–C) groups is 1. The lowest BCUT2D eigenvalue weighted by molar-refractivity contribution is -0.117. The summed E-state index contributed by atoms with van der Waals surface area (Å²) >= 11 is 0. The Morgan fingerprint density at radius 3 is 2.48 bits per heavy atom. The van der Waals surface area contributed by atoms with E-state index in [0.717, 1.165) is 12.1 Å². The molecule has 130 valence electrons. The van der Waals surface area contributed by atoms with E-state index < -0.39 is 33.6 Å². The van der Waals surface area contributed by atoms with Gasteiger partial charge in [-0.05, 0) is 31.2 Å². The van der Waals surface area contributed by atoms with Crippen LogP contribution in [0.15, 0.2) is 52.4 Å². The molecule has 1 amide bonds. The van der Waals surface area contributed by atoms with Crippen LogP contribution in [0.4, 0.5) is 14.5 Å². The number of rotatable bonds is 3. The SMILES string of the molecule is C[C@H](N=C1NS(=O)(=O)c2ccccc21)C(=O)Nc1cc(F)cc(F)c1. The number of anilines is 1. The molecule has 2 N–H and O–H groups in total. The molecule has 9 heteroatoms. The van der Waals surface area contributed by atoms with Gasteiger partial charge in [0.2, 0.25) is 5.91 Å². The monoisotopic (exact) mass is 365 g/mol. The van der Waals surface area contributed by atoms with Gasteiger partial charge in [0.05, 0.1) is 4.90 Å². The summed E-state index contributed by atoms with van der Waals surface area (Å²) in [5, 5.41) is 2.34. The maximum atomic E-state index is 13.2.